The van der Waals surface area contributed by atoms with Gasteiger partial charge in [0.05, 0.1) is 10.3 Å². The van der Waals surface area contributed by atoms with E-state index >= 15 is 0 Å². The van der Waals surface area contributed by atoms with Crippen molar-refractivity contribution in [3.63, 3.8) is 0 Å². The molecule has 2 aliphatic rings. The van der Waals surface area contributed by atoms with Crippen molar-refractivity contribution in [2.45, 2.75) is 50.3 Å². The Morgan fingerprint density at radius 1 is 1.21 bits per heavy atom. The zero-order valence-corrected chi connectivity index (χ0v) is 14.7. The first kappa shape index (κ1) is 17.4. The number of hydrogen-bond donors (Lipinski definition) is 0. The van der Waals surface area contributed by atoms with Crippen molar-refractivity contribution in [3.05, 3.63) is 29.8 Å². The average molecular weight is 355 g/mol. The molecule has 1 unspecified atom stereocenters. The Labute approximate surface area is 141 Å². The number of ether oxygens (including phenoxy) is 1. The van der Waals surface area contributed by atoms with Gasteiger partial charge in [0.2, 0.25) is 10.0 Å². The van der Waals surface area contributed by atoms with Crippen LogP contribution in [0.15, 0.2) is 29.2 Å². The van der Waals surface area contributed by atoms with Crippen LogP contribution in [0.25, 0.3) is 0 Å². The summed E-state index contributed by atoms with van der Waals surface area (Å²) >= 11 is 0. The zero-order valence-electron chi connectivity index (χ0n) is 13.9. The summed E-state index contributed by atoms with van der Waals surface area (Å²) in [7, 11) is -3.59. The summed E-state index contributed by atoms with van der Waals surface area (Å²) in [6.45, 7) is 3.93. The molecule has 0 N–H and O–H groups in total. The lowest BCUT2D eigenvalue weighted by atomic mass is 9.76. The summed E-state index contributed by atoms with van der Waals surface area (Å²) in [6.07, 6.45) is 0.727. The van der Waals surface area contributed by atoms with Gasteiger partial charge in [-0.3, -0.25) is 4.79 Å². The number of cyclic esters (lactones) is 1. The molecule has 0 amide bonds. The van der Waals surface area contributed by atoms with Crippen LogP contribution in [-0.2, 0) is 19.6 Å². The topological polar surface area (TPSA) is 63.7 Å². The Balaban J connectivity index is 1.76. The van der Waals surface area contributed by atoms with E-state index < -0.39 is 27.3 Å². The van der Waals surface area contributed by atoms with Crippen LogP contribution in [0.2, 0.25) is 0 Å². The summed E-state index contributed by atoms with van der Waals surface area (Å²) in [4.78, 5) is 12.4. The molecule has 0 radical (unpaired) electrons. The number of sulfonamides is 1. The molecular weight excluding hydrogens is 333 g/mol. The molecule has 132 valence electrons. The molecule has 7 heteroatoms. The summed E-state index contributed by atoms with van der Waals surface area (Å²) in [5.41, 5.74) is 0.100. The molecule has 0 saturated carbocycles. The standard InChI is InChI=1S/C17H22FNO4S/c1-3-17(18)12-16(15(20)23-17)8-10-19(11-9-16)24(21,22)14-6-4-13(2)5-7-14/h4-7H,3,8-12H2,1-2H3. The van der Waals surface area contributed by atoms with Gasteiger partial charge in [0.1, 0.15) is 0 Å². The van der Waals surface area contributed by atoms with Gasteiger partial charge >= 0.3 is 5.97 Å². The Morgan fingerprint density at radius 3 is 2.29 bits per heavy atom. The van der Waals surface area contributed by atoms with Crippen molar-refractivity contribution in [1.29, 1.82) is 0 Å². The zero-order chi connectivity index (χ0) is 17.6. The van der Waals surface area contributed by atoms with Crippen molar-refractivity contribution in [3.8, 4) is 0 Å². The van der Waals surface area contributed by atoms with E-state index in [-0.39, 0.29) is 30.8 Å². The summed E-state index contributed by atoms with van der Waals surface area (Å²) in [6, 6.07) is 6.68. The van der Waals surface area contributed by atoms with Gasteiger partial charge in [-0.2, -0.15) is 8.70 Å². The minimum atomic E-state index is -3.59. The van der Waals surface area contributed by atoms with Gasteiger partial charge in [-0.15, -0.1) is 0 Å². The van der Waals surface area contributed by atoms with E-state index in [1.165, 1.54) is 4.31 Å². The molecule has 5 nitrogen and oxygen atoms in total. The lowest BCUT2D eigenvalue weighted by Crippen LogP contribution is -2.45. The minimum absolute atomic E-state index is 0.0216. The minimum Gasteiger partial charge on any atom is -0.428 e. The molecule has 0 aromatic heterocycles. The van der Waals surface area contributed by atoms with Crippen LogP contribution in [0.5, 0.6) is 0 Å². The van der Waals surface area contributed by atoms with Gasteiger partial charge < -0.3 is 4.74 Å². The number of benzene rings is 1. The number of halogens is 1. The largest absolute Gasteiger partial charge is 0.428 e. The number of esters is 1. The van der Waals surface area contributed by atoms with E-state index in [2.05, 4.69) is 0 Å². The first-order chi connectivity index (χ1) is 11.2. The van der Waals surface area contributed by atoms with Crippen molar-refractivity contribution in [2.75, 3.05) is 13.1 Å². The number of hydrogen-bond acceptors (Lipinski definition) is 4. The highest BCUT2D eigenvalue weighted by molar-refractivity contribution is 7.89. The van der Waals surface area contributed by atoms with Crippen LogP contribution in [-0.4, -0.2) is 37.6 Å². The first-order valence-corrected chi connectivity index (χ1v) is 9.64. The van der Waals surface area contributed by atoms with E-state index in [0.29, 0.717) is 12.8 Å². The average Bonchev–Trinajstić information content (AvgIpc) is 2.79. The molecular formula is C17H22FNO4S. The lowest BCUT2D eigenvalue weighted by Gasteiger charge is -2.35. The molecule has 2 fully saturated rings. The van der Waals surface area contributed by atoms with Crippen LogP contribution in [0.3, 0.4) is 0 Å². The third-order valence-corrected chi connectivity index (χ3v) is 7.09. The number of aryl methyl sites for hydroxylation is 1. The number of piperidine rings is 1. The fourth-order valence-electron chi connectivity index (χ4n) is 3.48. The predicted octanol–water partition coefficient (Wildman–Crippen LogP) is 2.79. The third-order valence-electron chi connectivity index (χ3n) is 5.18. The van der Waals surface area contributed by atoms with E-state index in [1.807, 2.05) is 6.92 Å². The molecule has 1 aromatic rings. The highest BCUT2D eigenvalue weighted by Gasteiger charge is 2.57. The van der Waals surface area contributed by atoms with E-state index in [9.17, 15) is 17.6 Å². The lowest BCUT2D eigenvalue weighted by molar-refractivity contribution is -0.168. The molecule has 0 aliphatic carbocycles. The summed E-state index contributed by atoms with van der Waals surface area (Å²) < 4.78 is 46.1. The van der Waals surface area contributed by atoms with Gasteiger partial charge in [-0.1, -0.05) is 24.6 Å². The molecule has 2 heterocycles. The maximum absolute atomic E-state index is 14.4. The van der Waals surface area contributed by atoms with Crippen molar-refractivity contribution >= 4 is 16.0 Å². The van der Waals surface area contributed by atoms with Gasteiger partial charge in [0, 0.05) is 25.9 Å². The Bertz CT molecular complexity index is 738. The van der Waals surface area contributed by atoms with Crippen molar-refractivity contribution in [2.24, 2.45) is 5.41 Å². The van der Waals surface area contributed by atoms with Crippen LogP contribution in [0.1, 0.15) is 38.2 Å². The fraction of sp³-hybridized carbons (Fsp3) is 0.588. The van der Waals surface area contributed by atoms with Crippen LogP contribution < -0.4 is 0 Å². The number of nitrogens with zero attached hydrogens (tertiary/aromatic N) is 1. The smallest absolute Gasteiger partial charge is 0.315 e. The SMILES string of the molecule is CCC1(F)CC2(CCN(S(=O)(=O)c3ccc(C)cc3)CC2)C(=O)O1. The first-order valence-electron chi connectivity index (χ1n) is 8.20. The number of alkyl halides is 1. The molecule has 2 aliphatic heterocycles. The molecule has 0 bridgehead atoms. The van der Waals surface area contributed by atoms with E-state index in [0.717, 1.165) is 5.56 Å². The second-order valence-electron chi connectivity index (χ2n) is 6.80. The van der Waals surface area contributed by atoms with Gasteiger partial charge in [-0.05, 0) is 31.9 Å². The Hall–Kier alpha value is -1.47. The van der Waals surface area contributed by atoms with Crippen molar-refractivity contribution in [1.82, 2.24) is 4.31 Å². The molecule has 1 atom stereocenters. The van der Waals surface area contributed by atoms with Gasteiger partial charge in [-0.25, -0.2) is 8.42 Å². The summed E-state index contributed by atoms with van der Waals surface area (Å²) in [5, 5.41) is 0. The molecule has 3 rings (SSSR count). The quantitative estimate of drug-likeness (QED) is 0.782. The normalized spacial score (nSPS) is 27.4. The molecule has 24 heavy (non-hydrogen) atoms. The molecule has 2 saturated heterocycles. The molecule has 1 aromatic carbocycles. The number of carbonyl (C=O) groups excluding carboxylic acids is 1. The monoisotopic (exact) mass is 355 g/mol. The third kappa shape index (κ3) is 2.84. The Kier molecular flexibility index (Phi) is 4.20. The molecule has 1 spiro atoms. The summed E-state index contributed by atoms with van der Waals surface area (Å²) in [5.74, 6) is -2.44. The number of rotatable bonds is 3. The van der Waals surface area contributed by atoms with Gasteiger partial charge in [0.15, 0.2) is 0 Å². The fourth-order valence-corrected chi connectivity index (χ4v) is 4.92. The van der Waals surface area contributed by atoms with Gasteiger partial charge in [0.25, 0.3) is 5.85 Å². The second kappa shape index (κ2) is 5.81. The van der Waals surface area contributed by atoms with E-state index in [1.54, 1.807) is 31.2 Å². The predicted molar refractivity (Wildman–Crippen MR) is 86.4 cm³/mol. The highest BCUT2D eigenvalue weighted by Crippen LogP contribution is 2.49. The number of carbonyl (C=O) groups is 1. The second-order valence-corrected chi connectivity index (χ2v) is 8.74. The van der Waals surface area contributed by atoms with Crippen LogP contribution in [0.4, 0.5) is 4.39 Å². The highest BCUT2D eigenvalue weighted by atomic mass is 32.2. The van der Waals surface area contributed by atoms with Crippen LogP contribution >= 0.6 is 0 Å². The van der Waals surface area contributed by atoms with Crippen LogP contribution in [0, 0.1) is 12.3 Å². The van der Waals surface area contributed by atoms with Crippen molar-refractivity contribution < 1.29 is 22.3 Å². The van der Waals surface area contributed by atoms with E-state index in [4.69, 9.17) is 4.74 Å². The maximum atomic E-state index is 14.4. The Morgan fingerprint density at radius 2 is 1.79 bits per heavy atom. The maximum Gasteiger partial charge on any atom is 0.315 e.